The highest BCUT2D eigenvalue weighted by Gasteiger charge is 2.16. The minimum absolute atomic E-state index is 0.198. The molecule has 2 aromatic carbocycles. The standard InChI is InChI=1S/C15H13NO4S/c1-10-6-5-9-13-14(10)16-15(19-13)11-7-3-4-8-12(11)20-21(2,17)18/h3-9H,1-2H3. The van der Waals surface area contributed by atoms with E-state index in [-0.39, 0.29) is 5.75 Å². The number of hydrogen-bond donors (Lipinski definition) is 0. The van der Waals surface area contributed by atoms with Crippen molar-refractivity contribution in [1.29, 1.82) is 0 Å². The molecule has 0 saturated carbocycles. The lowest BCUT2D eigenvalue weighted by atomic mass is 10.2. The molecule has 1 aromatic heterocycles. The molecule has 21 heavy (non-hydrogen) atoms. The lowest BCUT2D eigenvalue weighted by Gasteiger charge is -2.06. The Bertz CT molecular complexity index is 912. The molecular weight excluding hydrogens is 290 g/mol. The van der Waals surface area contributed by atoms with Gasteiger partial charge in [0.2, 0.25) is 5.89 Å². The van der Waals surface area contributed by atoms with Gasteiger partial charge < -0.3 is 8.60 Å². The van der Waals surface area contributed by atoms with Gasteiger partial charge in [-0.25, -0.2) is 4.98 Å². The molecule has 6 heteroatoms. The third-order valence-corrected chi connectivity index (χ3v) is 3.46. The van der Waals surface area contributed by atoms with E-state index in [0.29, 0.717) is 17.0 Å². The molecule has 0 atom stereocenters. The van der Waals surface area contributed by atoms with Crippen molar-refractivity contribution in [2.45, 2.75) is 6.92 Å². The van der Waals surface area contributed by atoms with E-state index in [1.807, 2.05) is 25.1 Å². The van der Waals surface area contributed by atoms with Gasteiger partial charge in [-0.15, -0.1) is 0 Å². The Morgan fingerprint density at radius 1 is 1.10 bits per heavy atom. The molecule has 0 N–H and O–H groups in total. The van der Waals surface area contributed by atoms with Gasteiger partial charge in [0, 0.05) is 0 Å². The second-order valence-electron chi connectivity index (χ2n) is 4.72. The summed E-state index contributed by atoms with van der Waals surface area (Å²) in [5.41, 5.74) is 2.89. The first kappa shape index (κ1) is 13.6. The van der Waals surface area contributed by atoms with Gasteiger partial charge in [-0.1, -0.05) is 24.3 Å². The van der Waals surface area contributed by atoms with Crippen LogP contribution in [0.2, 0.25) is 0 Å². The van der Waals surface area contributed by atoms with E-state index in [1.54, 1.807) is 24.3 Å². The lowest BCUT2D eigenvalue weighted by Crippen LogP contribution is -2.06. The summed E-state index contributed by atoms with van der Waals surface area (Å²) in [7, 11) is -3.62. The molecule has 3 aromatic rings. The molecule has 0 aliphatic heterocycles. The molecule has 108 valence electrons. The summed E-state index contributed by atoms with van der Waals surface area (Å²) in [5.74, 6) is 0.530. The zero-order valence-corrected chi connectivity index (χ0v) is 12.3. The normalized spacial score (nSPS) is 11.7. The van der Waals surface area contributed by atoms with Gasteiger partial charge in [0.15, 0.2) is 11.3 Å². The fraction of sp³-hybridized carbons (Fsp3) is 0.133. The van der Waals surface area contributed by atoms with Crippen LogP contribution in [0, 0.1) is 6.92 Å². The van der Waals surface area contributed by atoms with Gasteiger partial charge >= 0.3 is 10.1 Å². The van der Waals surface area contributed by atoms with E-state index in [0.717, 1.165) is 17.3 Å². The van der Waals surface area contributed by atoms with Gasteiger partial charge in [0.25, 0.3) is 0 Å². The summed E-state index contributed by atoms with van der Waals surface area (Å²) in [5, 5.41) is 0. The second kappa shape index (κ2) is 4.89. The van der Waals surface area contributed by atoms with Gasteiger partial charge in [-0.05, 0) is 30.7 Å². The van der Waals surface area contributed by atoms with Gasteiger partial charge in [0.05, 0.1) is 11.8 Å². The molecule has 0 aliphatic carbocycles. The Kier molecular flexibility index (Phi) is 3.17. The average molecular weight is 303 g/mol. The van der Waals surface area contributed by atoms with Crippen molar-refractivity contribution in [1.82, 2.24) is 4.98 Å². The predicted molar refractivity (Wildman–Crippen MR) is 79.7 cm³/mol. The van der Waals surface area contributed by atoms with E-state index < -0.39 is 10.1 Å². The maximum Gasteiger partial charge on any atom is 0.306 e. The summed E-state index contributed by atoms with van der Waals surface area (Å²) in [6.07, 6.45) is 1.000. The number of aryl methyl sites for hydroxylation is 1. The smallest absolute Gasteiger partial charge is 0.306 e. The zero-order valence-electron chi connectivity index (χ0n) is 11.5. The molecule has 0 spiro atoms. The predicted octanol–water partition coefficient (Wildman–Crippen LogP) is 3.14. The Balaban J connectivity index is 2.17. The van der Waals surface area contributed by atoms with Gasteiger partial charge in [-0.2, -0.15) is 8.42 Å². The van der Waals surface area contributed by atoms with E-state index in [2.05, 4.69) is 4.98 Å². The molecule has 3 rings (SSSR count). The molecule has 0 aliphatic rings. The highest BCUT2D eigenvalue weighted by Crippen LogP contribution is 2.32. The number of fused-ring (bicyclic) bond motifs is 1. The maximum atomic E-state index is 11.3. The van der Waals surface area contributed by atoms with Gasteiger partial charge in [-0.3, -0.25) is 0 Å². The van der Waals surface area contributed by atoms with Crippen molar-refractivity contribution >= 4 is 21.2 Å². The third kappa shape index (κ3) is 2.75. The number of oxazole rings is 1. The molecule has 0 saturated heterocycles. The average Bonchev–Trinajstić information content (AvgIpc) is 2.83. The van der Waals surface area contributed by atoms with Crippen molar-refractivity contribution in [2.24, 2.45) is 0 Å². The number of para-hydroxylation sites is 2. The van der Waals surface area contributed by atoms with Crippen LogP contribution in [-0.4, -0.2) is 19.7 Å². The van der Waals surface area contributed by atoms with Crippen molar-refractivity contribution < 1.29 is 17.0 Å². The molecule has 0 bridgehead atoms. The van der Waals surface area contributed by atoms with E-state index in [9.17, 15) is 8.42 Å². The van der Waals surface area contributed by atoms with Crippen molar-refractivity contribution in [3.05, 3.63) is 48.0 Å². The van der Waals surface area contributed by atoms with Gasteiger partial charge in [0.1, 0.15) is 5.52 Å². The highest BCUT2D eigenvalue weighted by molar-refractivity contribution is 7.86. The Morgan fingerprint density at radius 2 is 1.86 bits per heavy atom. The van der Waals surface area contributed by atoms with Crippen LogP contribution in [0.1, 0.15) is 5.56 Å². The topological polar surface area (TPSA) is 69.4 Å². The first-order valence-corrected chi connectivity index (χ1v) is 8.11. The van der Waals surface area contributed by atoms with Crippen molar-refractivity contribution in [3.8, 4) is 17.2 Å². The minimum atomic E-state index is -3.62. The zero-order chi connectivity index (χ0) is 15.0. The molecule has 1 heterocycles. The summed E-state index contributed by atoms with van der Waals surface area (Å²) in [4.78, 5) is 4.43. The highest BCUT2D eigenvalue weighted by atomic mass is 32.2. The summed E-state index contributed by atoms with van der Waals surface area (Å²) in [6, 6.07) is 12.4. The fourth-order valence-corrected chi connectivity index (χ4v) is 2.55. The minimum Gasteiger partial charge on any atom is -0.436 e. The van der Waals surface area contributed by atoms with Crippen LogP contribution in [0.4, 0.5) is 0 Å². The van der Waals surface area contributed by atoms with Crippen LogP contribution in [0.25, 0.3) is 22.6 Å². The summed E-state index contributed by atoms with van der Waals surface area (Å²) in [6.45, 7) is 1.94. The largest absolute Gasteiger partial charge is 0.436 e. The summed E-state index contributed by atoms with van der Waals surface area (Å²) >= 11 is 0. The van der Waals surface area contributed by atoms with Crippen LogP contribution in [0.5, 0.6) is 5.75 Å². The molecule has 0 radical (unpaired) electrons. The molecular formula is C15H13NO4S. The monoisotopic (exact) mass is 303 g/mol. The SMILES string of the molecule is Cc1cccc2oc(-c3ccccc3OS(C)(=O)=O)nc12. The molecule has 0 fully saturated rings. The summed E-state index contributed by atoms with van der Waals surface area (Å²) < 4.78 is 33.4. The fourth-order valence-electron chi connectivity index (χ4n) is 2.08. The first-order chi connectivity index (χ1) is 9.94. The quantitative estimate of drug-likeness (QED) is 0.695. The number of aromatic nitrogens is 1. The third-order valence-electron chi connectivity index (χ3n) is 2.98. The van der Waals surface area contributed by atoms with Crippen LogP contribution < -0.4 is 4.18 Å². The van der Waals surface area contributed by atoms with Crippen LogP contribution in [0.3, 0.4) is 0 Å². The Hall–Kier alpha value is -2.34. The van der Waals surface area contributed by atoms with Crippen LogP contribution >= 0.6 is 0 Å². The number of nitrogens with zero attached hydrogens (tertiary/aromatic N) is 1. The molecule has 0 amide bonds. The number of rotatable bonds is 3. The second-order valence-corrected chi connectivity index (χ2v) is 6.30. The van der Waals surface area contributed by atoms with E-state index in [1.165, 1.54) is 0 Å². The van der Waals surface area contributed by atoms with Crippen molar-refractivity contribution in [3.63, 3.8) is 0 Å². The Morgan fingerprint density at radius 3 is 2.57 bits per heavy atom. The van der Waals surface area contributed by atoms with E-state index >= 15 is 0 Å². The molecule has 5 nitrogen and oxygen atoms in total. The lowest BCUT2D eigenvalue weighted by molar-refractivity contribution is 0.492. The van der Waals surface area contributed by atoms with E-state index in [4.69, 9.17) is 8.60 Å². The van der Waals surface area contributed by atoms with Crippen molar-refractivity contribution in [2.75, 3.05) is 6.26 Å². The number of benzene rings is 2. The Labute approximate surface area is 122 Å². The maximum absolute atomic E-state index is 11.3. The van der Waals surface area contributed by atoms with Crippen LogP contribution in [-0.2, 0) is 10.1 Å². The first-order valence-electron chi connectivity index (χ1n) is 6.29. The number of hydrogen-bond acceptors (Lipinski definition) is 5. The molecule has 0 unspecified atom stereocenters. The van der Waals surface area contributed by atoms with Crippen LogP contribution in [0.15, 0.2) is 46.9 Å².